The van der Waals surface area contributed by atoms with Crippen molar-refractivity contribution < 1.29 is 9.53 Å². The standard InChI is InChI=1S/C9H14N2O2S/c1-8(2)9(4-5-13-8)6(12)11-7(10-3)14-9/h4-5H2,1-3H3,(H,10,11,12). The highest BCUT2D eigenvalue weighted by Crippen LogP contribution is 2.49. The van der Waals surface area contributed by atoms with Gasteiger partial charge in [-0.3, -0.25) is 9.79 Å². The summed E-state index contributed by atoms with van der Waals surface area (Å²) in [5.41, 5.74) is -0.409. The molecule has 0 aromatic rings. The first-order valence-corrected chi connectivity index (χ1v) is 5.45. The highest BCUT2D eigenvalue weighted by atomic mass is 32.2. The fraction of sp³-hybridized carbons (Fsp3) is 0.778. The van der Waals surface area contributed by atoms with Crippen LogP contribution >= 0.6 is 11.8 Å². The number of amides is 1. The minimum absolute atomic E-state index is 0.0330. The molecule has 2 aliphatic heterocycles. The van der Waals surface area contributed by atoms with Crippen LogP contribution in [0.4, 0.5) is 0 Å². The molecule has 78 valence electrons. The van der Waals surface area contributed by atoms with Gasteiger partial charge in [-0.05, 0) is 20.3 Å². The lowest BCUT2D eigenvalue weighted by Gasteiger charge is -2.31. The van der Waals surface area contributed by atoms with Gasteiger partial charge >= 0.3 is 0 Å². The average molecular weight is 214 g/mol. The molecule has 1 atom stereocenters. The van der Waals surface area contributed by atoms with E-state index in [-0.39, 0.29) is 5.91 Å². The van der Waals surface area contributed by atoms with Crippen LogP contribution in [0.25, 0.3) is 0 Å². The monoisotopic (exact) mass is 214 g/mol. The third kappa shape index (κ3) is 1.12. The van der Waals surface area contributed by atoms with Crippen LogP contribution < -0.4 is 5.32 Å². The number of amidine groups is 1. The Balaban J connectivity index is 2.37. The first-order valence-electron chi connectivity index (χ1n) is 4.63. The summed E-state index contributed by atoms with van der Waals surface area (Å²) >= 11 is 1.50. The smallest absolute Gasteiger partial charge is 0.245 e. The molecule has 14 heavy (non-hydrogen) atoms. The first kappa shape index (κ1) is 9.98. The Bertz CT molecular complexity index is 314. The summed E-state index contributed by atoms with van der Waals surface area (Å²) in [7, 11) is 1.68. The molecule has 2 aliphatic rings. The predicted octanol–water partition coefficient (Wildman–Crippen LogP) is 0.773. The number of rotatable bonds is 0. The summed E-state index contributed by atoms with van der Waals surface area (Å²) in [5, 5.41) is 3.49. The van der Waals surface area contributed by atoms with Crippen LogP contribution in [0.2, 0.25) is 0 Å². The molecule has 0 aliphatic carbocycles. The Morgan fingerprint density at radius 3 is 2.71 bits per heavy atom. The number of hydrogen-bond donors (Lipinski definition) is 1. The Kier molecular flexibility index (Phi) is 2.12. The van der Waals surface area contributed by atoms with E-state index >= 15 is 0 Å². The maximum Gasteiger partial charge on any atom is 0.245 e. The molecule has 0 aromatic heterocycles. The molecular weight excluding hydrogens is 200 g/mol. The Morgan fingerprint density at radius 2 is 2.29 bits per heavy atom. The normalized spacial score (nSPS) is 38.2. The van der Waals surface area contributed by atoms with E-state index in [1.165, 1.54) is 11.8 Å². The summed E-state index contributed by atoms with van der Waals surface area (Å²) in [5.74, 6) is 0.0330. The van der Waals surface area contributed by atoms with E-state index < -0.39 is 10.3 Å². The number of aliphatic imine (C=N–C) groups is 1. The second kappa shape index (κ2) is 2.97. The third-order valence-electron chi connectivity index (χ3n) is 2.95. The van der Waals surface area contributed by atoms with Gasteiger partial charge < -0.3 is 10.1 Å². The molecule has 2 saturated heterocycles. The van der Waals surface area contributed by atoms with Crippen LogP contribution in [0.1, 0.15) is 20.3 Å². The van der Waals surface area contributed by atoms with Gasteiger partial charge in [-0.15, -0.1) is 0 Å². The van der Waals surface area contributed by atoms with E-state index in [1.807, 2.05) is 13.8 Å². The van der Waals surface area contributed by atoms with Gasteiger partial charge in [0.25, 0.3) is 0 Å². The Labute approximate surface area is 87.5 Å². The molecule has 0 saturated carbocycles. The van der Waals surface area contributed by atoms with Gasteiger partial charge in [-0.2, -0.15) is 0 Å². The van der Waals surface area contributed by atoms with Crippen LogP contribution in [-0.2, 0) is 9.53 Å². The number of carbonyl (C=O) groups excluding carboxylic acids is 1. The van der Waals surface area contributed by atoms with Gasteiger partial charge in [-0.25, -0.2) is 0 Å². The zero-order valence-electron chi connectivity index (χ0n) is 8.59. The van der Waals surface area contributed by atoms with Crippen LogP contribution in [0, 0.1) is 0 Å². The van der Waals surface area contributed by atoms with Crippen molar-refractivity contribution in [1.82, 2.24) is 5.32 Å². The topological polar surface area (TPSA) is 50.7 Å². The van der Waals surface area contributed by atoms with Gasteiger partial charge in [0, 0.05) is 13.7 Å². The zero-order chi connectivity index (χ0) is 10.4. The molecule has 0 bridgehead atoms. The van der Waals surface area contributed by atoms with Crippen molar-refractivity contribution in [2.45, 2.75) is 30.6 Å². The van der Waals surface area contributed by atoms with Crippen molar-refractivity contribution in [1.29, 1.82) is 0 Å². The van der Waals surface area contributed by atoms with Gasteiger partial charge in [-0.1, -0.05) is 11.8 Å². The largest absolute Gasteiger partial charge is 0.373 e. The maximum atomic E-state index is 11.9. The van der Waals surface area contributed by atoms with Gasteiger partial charge in [0.05, 0.1) is 5.60 Å². The second-order valence-corrected chi connectivity index (χ2v) is 5.31. The molecule has 1 amide bonds. The lowest BCUT2D eigenvalue weighted by Crippen LogP contribution is -2.49. The molecule has 1 N–H and O–H groups in total. The molecule has 0 aromatic carbocycles. The number of carbonyl (C=O) groups is 1. The van der Waals surface area contributed by atoms with E-state index in [4.69, 9.17) is 4.74 Å². The summed E-state index contributed by atoms with van der Waals surface area (Å²) in [6.45, 7) is 4.57. The SMILES string of the molecule is CN=C1NC(=O)C2(CCOC2(C)C)S1. The van der Waals surface area contributed by atoms with E-state index in [1.54, 1.807) is 7.05 Å². The number of hydrogen-bond acceptors (Lipinski definition) is 4. The molecule has 2 fully saturated rings. The van der Waals surface area contributed by atoms with E-state index in [9.17, 15) is 4.79 Å². The first-order chi connectivity index (χ1) is 6.52. The van der Waals surface area contributed by atoms with Crippen LogP contribution in [0.15, 0.2) is 4.99 Å². The van der Waals surface area contributed by atoms with Gasteiger partial charge in [0.15, 0.2) is 5.17 Å². The van der Waals surface area contributed by atoms with Crippen molar-refractivity contribution in [3.05, 3.63) is 0 Å². The fourth-order valence-electron chi connectivity index (χ4n) is 1.96. The quantitative estimate of drug-likeness (QED) is 0.648. The fourth-order valence-corrected chi connectivity index (χ4v) is 3.16. The summed E-state index contributed by atoms with van der Waals surface area (Å²) < 4.78 is 5.13. The van der Waals surface area contributed by atoms with E-state index in [2.05, 4.69) is 10.3 Å². The average Bonchev–Trinajstić information content (AvgIpc) is 2.58. The summed E-state index contributed by atoms with van der Waals surface area (Å²) in [4.78, 5) is 15.9. The zero-order valence-corrected chi connectivity index (χ0v) is 9.40. The second-order valence-electron chi connectivity index (χ2n) is 4.02. The molecule has 2 heterocycles. The molecular formula is C9H14N2O2S. The van der Waals surface area contributed by atoms with E-state index in [0.717, 1.165) is 6.42 Å². The minimum Gasteiger partial charge on any atom is -0.373 e. The highest BCUT2D eigenvalue weighted by Gasteiger charge is 2.60. The summed E-state index contributed by atoms with van der Waals surface area (Å²) in [6, 6.07) is 0. The van der Waals surface area contributed by atoms with Crippen LogP contribution in [-0.4, -0.2) is 35.1 Å². The number of ether oxygens (including phenoxy) is 1. The van der Waals surface area contributed by atoms with Crippen LogP contribution in [0.3, 0.4) is 0 Å². The van der Waals surface area contributed by atoms with Crippen LogP contribution in [0.5, 0.6) is 0 Å². The number of nitrogens with one attached hydrogen (secondary N) is 1. The molecule has 1 unspecified atom stereocenters. The van der Waals surface area contributed by atoms with Crippen molar-refractivity contribution in [2.75, 3.05) is 13.7 Å². The third-order valence-corrected chi connectivity index (χ3v) is 4.66. The lowest BCUT2D eigenvalue weighted by atomic mass is 9.89. The molecule has 4 nitrogen and oxygen atoms in total. The van der Waals surface area contributed by atoms with Crippen molar-refractivity contribution >= 4 is 22.8 Å². The molecule has 0 radical (unpaired) electrons. The molecule has 2 rings (SSSR count). The Morgan fingerprint density at radius 1 is 1.57 bits per heavy atom. The minimum atomic E-state index is -0.470. The molecule has 1 spiro atoms. The number of thioether (sulfide) groups is 1. The summed E-state index contributed by atoms with van der Waals surface area (Å²) in [6.07, 6.45) is 0.759. The van der Waals surface area contributed by atoms with Gasteiger partial charge in [0.1, 0.15) is 4.75 Å². The highest BCUT2D eigenvalue weighted by molar-refractivity contribution is 8.16. The molecule has 5 heteroatoms. The lowest BCUT2D eigenvalue weighted by molar-refractivity contribution is -0.125. The maximum absolute atomic E-state index is 11.9. The Hall–Kier alpha value is -0.550. The van der Waals surface area contributed by atoms with Gasteiger partial charge in [0.2, 0.25) is 5.91 Å². The van der Waals surface area contributed by atoms with Crippen molar-refractivity contribution in [3.8, 4) is 0 Å². The van der Waals surface area contributed by atoms with Crippen molar-refractivity contribution in [3.63, 3.8) is 0 Å². The van der Waals surface area contributed by atoms with Crippen molar-refractivity contribution in [2.24, 2.45) is 4.99 Å². The van der Waals surface area contributed by atoms with E-state index in [0.29, 0.717) is 11.8 Å². The predicted molar refractivity (Wildman–Crippen MR) is 56.5 cm³/mol. The number of nitrogens with zero attached hydrogens (tertiary/aromatic N) is 1.